The molecule has 3 aromatic heterocycles. The number of benzene rings is 1. The average molecular weight is 400 g/mol. The molecule has 1 aromatic carbocycles. The number of carbonyl (C=O) groups excluding carboxylic acids is 1. The van der Waals surface area contributed by atoms with Gasteiger partial charge >= 0.3 is 0 Å². The lowest BCUT2D eigenvalue weighted by molar-refractivity contribution is -0.121. The first-order valence-corrected chi connectivity index (χ1v) is 10.4. The molecule has 1 fully saturated rings. The number of fused-ring (bicyclic) bond motifs is 2. The number of nitrogens with zero attached hydrogens (tertiary/aromatic N) is 5. The van der Waals surface area contributed by atoms with E-state index in [4.69, 9.17) is 0 Å². The summed E-state index contributed by atoms with van der Waals surface area (Å²) in [6.45, 7) is 3.70. The monoisotopic (exact) mass is 400 g/mol. The summed E-state index contributed by atoms with van der Waals surface area (Å²) in [4.78, 5) is 19.6. The van der Waals surface area contributed by atoms with Crippen LogP contribution in [0.25, 0.3) is 16.6 Å². The molecule has 4 aromatic rings. The number of rotatable bonds is 4. The van der Waals surface area contributed by atoms with Gasteiger partial charge in [0.05, 0.1) is 17.2 Å². The first kappa shape index (κ1) is 18.7. The van der Waals surface area contributed by atoms with Crippen molar-refractivity contribution in [3.8, 4) is 0 Å². The van der Waals surface area contributed by atoms with Crippen LogP contribution in [0.4, 0.5) is 5.69 Å². The van der Waals surface area contributed by atoms with Crippen LogP contribution in [0.2, 0.25) is 0 Å². The molecule has 7 nitrogen and oxygen atoms in total. The summed E-state index contributed by atoms with van der Waals surface area (Å²) in [5.41, 5.74) is 2.57. The second kappa shape index (κ2) is 7.84. The Kier molecular flexibility index (Phi) is 4.88. The zero-order chi connectivity index (χ0) is 20.5. The molecule has 5 rings (SSSR count). The minimum atomic E-state index is -0.201. The second-order valence-corrected chi connectivity index (χ2v) is 7.84. The molecule has 0 spiro atoms. The summed E-state index contributed by atoms with van der Waals surface area (Å²) >= 11 is 0. The fraction of sp³-hybridized carbons (Fsp3) is 0.304. The maximum absolute atomic E-state index is 12.9. The van der Waals surface area contributed by atoms with Crippen molar-refractivity contribution < 1.29 is 4.79 Å². The molecular weight excluding hydrogens is 376 g/mol. The largest absolute Gasteiger partial charge is 0.324 e. The first-order chi connectivity index (χ1) is 14.7. The van der Waals surface area contributed by atoms with Gasteiger partial charge in [0.2, 0.25) is 5.91 Å². The molecule has 7 heteroatoms. The highest BCUT2D eigenvalue weighted by atomic mass is 16.2. The zero-order valence-electron chi connectivity index (χ0n) is 16.9. The topological polar surface area (TPSA) is 75.4 Å². The van der Waals surface area contributed by atoms with Crippen molar-refractivity contribution in [2.45, 2.75) is 31.7 Å². The van der Waals surface area contributed by atoms with Crippen LogP contribution in [0.5, 0.6) is 0 Å². The average Bonchev–Trinajstić information content (AvgIpc) is 3.23. The molecule has 1 atom stereocenters. The number of piperidine rings is 1. The Balaban J connectivity index is 1.25. The highest BCUT2D eigenvalue weighted by Crippen LogP contribution is 2.28. The van der Waals surface area contributed by atoms with Crippen LogP contribution in [0.15, 0.2) is 60.9 Å². The van der Waals surface area contributed by atoms with Crippen molar-refractivity contribution in [2.75, 3.05) is 18.4 Å². The molecule has 1 aliphatic heterocycles. The Morgan fingerprint density at radius 1 is 1.07 bits per heavy atom. The number of likely N-dealkylation sites (tertiary alicyclic amines) is 1. The Hall–Kier alpha value is -3.32. The van der Waals surface area contributed by atoms with Crippen molar-refractivity contribution in [1.82, 2.24) is 24.5 Å². The van der Waals surface area contributed by atoms with Crippen molar-refractivity contribution in [1.29, 1.82) is 0 Å². The number of amides is 1. The molecule has 1 amide bonds. The molecule has 1 N–H and O–H groups in total. The minimum absolute atomic E-state index is 0.0118. The van der Waals surface area contributed by atoms with Crippen LogP contribution < -0.4 is 5.32 Å². The molecule has 1 aliphatic rings. The maximum atomic E-state index is 12.9. The minimum Gasteiger partial charge on any atom is -0.324 e. The van der Waals surface area contributed by atoms with Gasteiger partial charge in [-0.3, -0.25) is 19.1 Å². The second-order valence-electron chi connectivity index (χ2n) is 7.84. The van der Waals surface area contributed by atoms with Crippen molar-refractivity contribution in [3.05, 3.63) is 66.7 Å². The molecule has 152 valence electrons. The molecule has 0 saturated carbocycles. The van der Waals surface area contributed by atoms with E-state index < -0.39 is 0 Å². The molecule has 0 bridgehead atoms. The number of hydrogen-bond donors (Lipinski definition) is 1. The van der Waals surface area contributed by atoms with E-state index in [1.165, 1.54) is 0 Å². The summed E-state index contributed by atoms with van der Waals surface area (Å²) in [5.74, 6) is 1.39. The smallest absolute Gasteiger partial charge is 0.241 e. The van der Waals surface area contributed by atoms with Gasteiger partial charge in [0, 0.05) is 23.7 Å². The van der Waals surface area contributed by atoms with Crippen LogP contribution in [-0.2, 0) is 4.79 Å². The molecule has 0 radical (unpaired) electrons. The van der Waals surface area contributed by atoms with Crippen molar-refractivity contribution in [3.63, 3.8) is 0 Å². The van der Waals surface area contributed by atoms with Gasteiger partial charge in [0.1, 0.15) is 5.82 Å². The van der Waals surface area contributed by atoms with Crippen LogP contribution in [0, 0.1) is 0 Å². The summed E-state index contributed by atoms with van der Waals surface area (Å²) in [6, 6.07) is 15.4. The van der Waals surface area contributed by atoms with E-state index in [0.29, 0.717) is 5.92 Å². The van der Waals surface area contributed by atoms with Crippen LogP contribution in [0.1, 0.15) is 31.5 Å². The molecule has 0 aliphatic carbocycles. The van der Waals surface area contributed by atoms with Gasteiger partial charge < -0.3 is 5.32 Å². The highest BCUT2D eigenvalue weighted by molar-refractivity contribution is 6.02. The Morgan fingerprint density at radius 2 is 1.93 bits per heavy atom. The van der Waals surface area contributed by atoms with Gasteiger partial charge in [-0.15, -0.1) is 10.2 Å². The van der Waals surface area contributed by atoms with Gasteiger partial charge in [-0.05, 0) is 69.3 Å². The van der Waals surface area contributed by atoms with Crippen LogP contribution >= 0.6 is 0 Å². The number of carbonyl (C=O) groups is 1. The molecule has 1 unspecified atom stereocenters. The van der Waals surface area contributed by atoms with Gasteiger partial charge in [-0.2, -0.15) is 0 Å². The van der Waals surface area contributed by atoms with E-state index in [-0.39, 0.29) is 11.9 Å². The van der Waals surface area contributed by atoms with Gasteiger partial charge in [-0.25, -0.2) is 0 Å². The third-order valence-corrected chi connectivity index (χ3v) is 6.07. The number of hydrogen-bond acceptors (Lipinski definition) is 5. The number of aromatic nitrogens is 4. The van der Waals surface area contributed by atoms with E-state index in [1.807, 2.05) is 61.7 Å². The predicted molar refractivity (Wildman–Crippen MR) is 116 cm³/mol. The van der Waals surface area contributed by atoms with Gasteiger partial charge in [-0.1, -0.05) is 12.1 Å². The summed E-state index contributed by atoms with van der Waals surface area (Å²) in [6.07, 6.45) is 5.71. The van der Waals surface area contributed by atoms with E-state index in [1.54, 1.807) is 6.20 Å². The standard InChI is InChI=1S/C23H24N6O/c1-16(23(30)25-20-8-4-7-19-18(20)6-5-12-24-19)28-14-10-17(11-15-28)22-27-26-21-9-2-3-13-29(21)22/h2-9,12-13,16-17H,10-11,14-15H2,1H3,(H,25,30). The van der Waals surface area contributed by atoms with E-state index >= 15 is 0 Å². The van der Waals surface area contributed by atoms with E-state index in [0.717, 1.165) is 54.0 Å². The molecule has 30 heavy (non-hydrogen) atoms. The molecule has 1 saturated heterocycles. The normalized spacial score (nSPS) is 16.7. The predicted octanol–water partition coefficient (Wildman–Crippen LogP) is 3.48. The number of pyridine rings is 2. The quantitative estimate of drug-likeness (QED) is 0.568. The third kappa shape index (κ3) is 3.41. The Bertz CT molecular complexity index is 1190. The summed E-state index contributed by atoms with van der Waals surface area (Å²) in [5, 5.41) is 12.8. The molecule has 4 heterocycles. The number of anilines is 1. The summed E-state index contributed by atoms with van der Waals surface area (Å²) in [7, 11) is 0. The molecular formula is C23H24N6O. The highest BCUT2D eigenvalue weighted by Gasteiger charge is 2.29. The Morgan fingerprint density at radius 3 is 2.80 bits per heavy atom. The first-order valence-electron chi connectivity index (χ1n) is 10.4. The SMILES string of the molecule is CC(C(=O)Nc1cccc2ncccc12)N1CCC(c2nnc3ccccn23)CC1. The van der Waals surface area contributed by atoms with Crippen LogP contribution in [0.3, 0.4) is 0 Å². The summed E-state index contributed by atoms with van der Waals surface area (Å²) < 4.78 is 2.07. The fourth-order valence-electron chi connectivity index (χ4n) is 4.30. The lowest BCUT2D eigenvalue weighted by atomic mass is 9.95. The van der Waals surface area contributed by atoms with Gasteiger partial charge in [0.15, 0.2) is 5.65 Å². The van der Waals surface area contributed by atoms with E-state index in [2.05, 4.69) is 29.8 Å². The third-order valence-electron chi connectivity index (χ3n) is 6.07. The maximum Gasteiger partial charge on any atom is 0.241 e. The van der Waals surface area contributed by atoms with Crippen LogP contribution in [-0.4, -0.2) is 49.5 Å². The van der Waals surface area contributed by atoms with E-state index in [9.17, 15) is 4.79 Å². The van der Waals surface area contributed by atoms with Crippen molar-refractivity contribution in [2.24, 2.45) is 0 Å². The zero-order valence-corrected chi connectivity index (χ0v) is 16.9. The number of nitrogens with one attached hydrogen (secondary N) is 1. The lowest BCUT2D eigenvalue weighted by Gasteiger charge is -2.34. The fourth-order valence-corrected chi connectivity index (χ4v) is 4.30. The lowest BCUT2D eigenvalue weighted by Crippen LogP contribution is -2.45. The van der Waals surface area contributed by atoms with Gasteiger partial charge in [0.25, 0.3) is 0 Å². The van der Waals surface area contributed by atoms with Crippen molar-refractivity contribution >= 4 is 28.1 Å². The Labute approximate surface area is 174 Å².